The summed E-state index contributed by atoms with van der Waals surface area (Å²) in [7, 11) is 1.58. The number of methoxy groups -OCH3 is 1. The lowest BCUT2D eigenvalue weighted by Crippen LogP contribution is -2.61. The molecule has 0 radical (unpaired) electrons. The molecule has 12 nitrogen and oxygen atoms in total. The number of aliphatic hydroxyl groups is 1. The number of halogens is 2. The number of phenolic OH excluding ortho intramolecular Hbond substituents is 1. The average molecular weight is 803 g/mol. The third-order valence-corrected chi connectivity index (χ3v) is 11.0. The van der Waals surface area contributed by atoms with Crippen molar-refractivity contribution in [2.45, 2.75) is 115 Å². The Hall–Kier alpha value is -3.94. The number of ether oxygens (including phenoxy) is 3. The van der Waals surface area contributed by atoms with E-state index in [0.717, 1.165) is 5.57 Å². The molecular formula is C41H53Cl2N3O9. The molecule has 2 aromatic carbocycles. The van der Waals surface area contributed by atoms with E-state index in [1.165, 1.54) is 26.0 Å². The minimum absolute atomic E-state index is 0.0805. The Morgan fingerprint density at radius 1 is 1.04 bits per heavy atom. The first-order valence-corrected chi connectivity index (χ1v) is 19.2. The number of carbonyl (C=O) groups excluding carboxylic acids is 4. The Kier molecular flexibility index (Phi) is 14.6. The van der Waals surface area contributed by atoms with Gasteiger partial charge < -0.3 is 40.4 Å². The second-order valence-corrected chi connectivity index (χ2v) is 16.0. The lowest BCUT2D eigenvalue weighted by atomic mass is 9.94. The number of hydrogen-bond acceptors (Lipinski definition) is 9. The largest absolute Gasteiger partial charge is 0.505 e. The van der Waals surface area contributed by atoms with Crippen molar-refractivity contribution in [2.24, 2.45) is 11.8 Å². The van der Waals surface area contributed by atoms with E-state index in [2.05, 4.69) is 16.0 Å². The Balaban J connectivity index is 1.80. The van der Waals surface area contributed by atoms with Crippen LogP contribution in [0.4, 0.5) is 0 Å². The van der Waals surface area contributed by atoms with Gasteiger partial charge in [-0.05, 0) is 62.4 Å². The number of epoxide rings is 1. The van der Waals surface area contributed by atoms with Crippen molar-refractivity contribution < 1.29 is 43.6 Å². The molecule has 5 N–H and O–H groups in total. The molecule has 9 atom stereocenters. The molecular weight excluding hydrogens is 749 g/mol. The van der Waals surface area contributed by atoms with Crippen LogP contribution in [0.1, 0.15) is 78.5 Å². The SMILES string of the molecule is CC[C@H](C)[C@@H]1NC(=O)[C@]2(C)O[C@H]2C[C@@H](OC)/C(C)=C/C=C/[C@@H](C)[C@@H](c2ccccc2)OC(=O)[C@H](C(C)(C)O)NC(=O)[C@@H](Cc2cc(Cl)c(O)c(Cl)c2)NC1=O. The van der Waals surface area contributed by atoms with Gasteiger partial charge in [-0.25, -0.2) is 4.79 Å². The molecule has 2 heterocycles. The number of fused-ring (bicyclic) bond motifs is 1. The number of phenols is 1. The third kappa shape index (κ3) is 10.9. The highest BCUT2D eigenvalue weighted by Crippen LogP contribution is 2.41. The number of carbonyl (C=O) groups is 4. The normalized spacial score (nSPS) is 30.9. The first-order chi connectivity index (χ1) is 25.8. The number of aromatic hydroxyl groups is 1. The van der Waals surface area contributed by atoms with Gasteiger partial charge in [0.1, 0.15) is 18.2 Å². The molecule has 4 rings (SSSR count). The number of allylic oxidation sites excluding steroid dienone is 2. The second kappa shape index (κ2) is 18.3. The summed E-state index contributed by atoms with van der Waals surface area (Å²) in [5, 5.41) is 29.5. The molecule has 0 unspecified atom stereocenters. The molecule has 14 heteroatoms. The van der Waals surface area contributed by atoms with Crippen LogP contribution >= 0.6 is 23.2 Å². The predicted molar refractivity (Wildman–Crippen MR) is 209 cm³/mol. The van der Waals surface area contributed by atoms with Crippen LogP contribution in [0.5, 0.6) is 5.75 Å². The highest BCUT2D eigenvalue weighted by molar-refractivity contribution is 6.37. The van der Waals surface area contributed by atoms with Crippen LogP contribution < -0.4 is 16.0 Å². The molecule has 2 aliphatic rings. The monoisotopic (exact) mass is 801 g/mol. The maximum Gasteiger partial charge on any atom is 0.332 e. The highest BCUT2D eigenvalue weighted by atomic mass is 35.5. The lowest BCUT2D eigenvalue weighted by molar-refractivity contribution is -0.162. The van der Waals surface area contributed by atoms with Gasteiger partial charge in [-0.1, -0.05) is 99.0 Å². The fraction of sp³-hybridized carbons (Fsp3) is 0.512. The van der Waals surface area contributed by atoms with E-state index in [1.807, 2.05) is 69.3 Å². The van der Waals surface area contributed by atoms with Crippen LogP contribution in [0.25, 0.3) is 0 Å². The van der Waals surface area contributed by atoms with Gasteiger partial charge in [0, 0.05) is 25.9 Å². The van der Waals surface area contributed by atoms with Crippen molar-refractivity contribution >= 4 is 46.9 Å². The summed E-state index contributed by atoms with van der Waals surface area (Å²) < 4.78 is 17.8. The first-order valence-electron chi connectivity index (χ1n) is 18.4. The van der Waals surface area contributed by atoms with Gasteiger partial charge in [0.15, 0.2) is 17.4 Å². The molecule has 0 aliphatic carbocycles. The van der Waals surface area contributed by atoms with Crippen molar-refractivity contribution in [3.63, 3.8) is 0 Å². The van der Waals surface area contributed by atoms with Crippen molar-refractivity contribution in [3.8, 4) is 5.75 Å². The van der Waals surface area contributed by atoms with Gasteiger partial charge >= 0.3 is 5.97 Å². The van der Waals surface area contributed by atoms with Gasteiger partial charge in [0.25, 0.3) is 5.91 Å². The number of esters is 1. The Morgan fingerprint density at radius 2 is 1.67 bits per heavy atom. The number of benzene rings is 2. The zero-order valence-corrected chi connectivity index (χ0v) is 34.0. The van der Waals surface area contributed by atoms with Crippen LogP contribution in [0.2, 0.25) is 10.0 Å². The predicted octanol–water partition coefficient (Wildman–Crippen LogP) is 5.51. The van der Waals surface area contributed by atoms with Crippen LogP contribution in [0.3, 0.4) is 0 Å². The molecule has 1 saturated heterocycles. The van der Waals surface area contributed by atoms with Crippen molar-refractivity contribution in [2.75, 3.05) is 7.11 Å². The summed E-state index contributed by atoms with van der Waals surface area (Å²) in [5.74, 6) is -4.04. The number of cyclic esters (lactones) is 1. The maximum atomic E-state index is 14.2. The molecule has 3 amide bonds. The zero-order valence-electron chi connectivity index (χ0n) is 32.5. The standard InChI is InChI=1S/C41H53Cl2N3O9/c1-9-22(2)32-37(49)44-29(20-25-18-27(42)33(47)28(43)19-25)36(48)46-35(40(5,6)52)38(50)54-34(26-16-11-10-12-17-26)24(4)15-13-14-23(3)30(53-8)21-31-41(7,55-31)39(51)45-32/h10-19,22,24,29-32,34-35,47,52H,9,20-21H2,1-8H3,(H,44,49)(H,45,51)(H,46,48)/b15-13+,23-14+/t22-,24+,29+,30+,31-,32-,34-,35+,41+/m0/s1. The second-order valence-electron chi connectivity index (χ2n) is 15.2. The summed E-state index contributed by atoms with van der Waals surface area (Å²) in [6.07, 6.45) is 4.56. The fourth-order valence-electron chi connectivity index (χ4n) is 6.50. The first kappa shape index (κ1) is 43.8. The van der Waals surface area contributed by atoms with E-state index in [-0.39, 0.29) is 34.1 Å². The van der Waals surface area contributed by atoms with Crippen molar-refractivity contribution in [1.29, 1.82) is 0 Å². The molecule has 0 bridgehead atoms. The zero-order chi connectivity index (χ0) is 40.8. The smallest absolute Gasteiger partial charge is 0.332 e. The van der Waals surface area contributed by atoms with E-state index < -0.39 is 71.3 Å². The van der Waals surface area contributed by atoms with Crippen molar-refractivity contribution in [1.82, 2.24) is 16.0 Å². The van der Waals surface area contributed by atoms with Crippen LogP contribution in [-0.2, 0) is 39.8 Å². The highest BCUT2D eigenvalue weighted by Gasteiger charge is 2.59. The van der Waals surface area contributed by atoms with Crippen LogP contribution in [0.15, 0.2) is 66.3 Å². The van der Waals surface area contributed by atoms with Gasteiger partial charge in [-0.15, -0.1) is 0 Å². The topological polar surface area (TPSA) is 176 Å². The van der Waals surface area contributed by atoms with Gasteiger partial charge in [0.05, 0.1) is 27.9 Å². The van der Waals surface area contributed by atoms with Crippen LogP contribution in [-0.4, -0.2) is 82.5 Å². The molecule has 2 aliphatic heterocycles. The molecule has 300 valence electrons. The Labute approximate surface area is 333 Å². The Morgan fingerprint density at radius 3 is 2.25 bits per heavy atom. The molecule has 0 spiro atoms. The summed E-state index contributed by atoms with van der Waals surface area (Å²) in [5.41, 5.74) is -1.14. The number of nitrogens with one attached hydrogen (secondary N) is 3. The van der Waals surface area contributed by atoms with Crippen molar-refractivity contribution in [3.05, 3.63) is 87.4 Å². The Bertz CT molecular complexity index is 1760. The van der Waals surface area contributed by atoms with Gasteiger partial charge in [0.2, 0.25) is 11.8 Å². The maximum absolute atomic E-state index is 14.2. The summed E-state index contributed by atoms with van der Waals surface area (Å²) in [6.45, 7) is 11.8. The molecule has 2 aromatic rings. The number of rotatable bonds is 7. The minimum Gasteiger partial charge on any atom is -0.505 e. The third-order valence-electron chi connectivity index (χ3n) is 10.4. The number of hydrogen-bond donors (Lipinski definition) is 5. The summed E-state index contributed by atoms with van der Waals surface area (Å²) in [6, 6.07) is 7.82. The number of amides is 3. The van der Waals surface area contributed by atoms with E-state index in [0.29, 0.717) is 24.0 Å². The molecule has 0 aromatic heterocycles. The van der Waals surface area contributed by atoms with Gasteiger partial charge in [-0.2, -0.15) is 0 Å². The van der Waals surface area contributed by atoms with E-state index in [1.54, 1.807) is 21.0 Å². The summed E-state index contributed by atoms with van der Waals surface area (Å²) >= 11 is 12.4. The van der Waals surface area contributed by atoms with E-state index in [4.69, 9.17) is 37.4 Å². The van der Waals surface area contributed by atoms with Gasteiger partial charge in [-0.3, -0.25) is 14.4 Å². The van der Waals surface area contributed by atoms with Crippen LogP contribution in [0, 0.1) is 11.8 Å². The molecule has 55 heavy (non-hydrogen) atoms. The quantitative estimate of drug-likeness (QED) is 0.179. The van der Waals surface area contributed by atoms with E-state index in [9.17, 15) is 29.4 Å². The lowest BCUT2D eigenvalue weighted by Gasteiger charge is -2.33. The molecule has 0 saturated carbocycles. The average Bonchev–Trinajstić information content (AvgIpc) is 3.81. The summed E-state index contributed by atoms with van der Waals surface area (Å²) in [4.78, 5) is 56.2. The minimum atomic E-state index is -1.83. The molecule has 1 fully saturated rings. The van der Waals surface area contributed by atoms with E-state index >= 15 is 0 Å². The fourth-order valence-corrected chi connectivity index (χ4v) is 7.03.